The Balaban J connectivity index is 2.26. The molecule has 2 N–H and O–H groups in total. The van der Waals surface area contributed by atoms with Crippen molar-refractivity contribution in [3.8, 4) is 0 Å². The summed E-state index contributed by atoms with van der Waals surface area (Å²) in [4.78, 5) is 0. The van der Waals surface area contributed by atoms with Gasteiger partial charge in [0.2, 0.25) is 5.88 Å². The highest BCUT2D eigenvalue weighted by Gasteiger charge is 2.31. The molecule has 0 radical (unpaired) electrons. The van der Waals surface area contributed by atoms with Crippen molar-refractivity contribution >= 4 is 10.2 Å². The van der Waals surface area contributed by atoms with E-state index in [0.717, 1.165) is 22.6 Å². The van der Waals surface area contributed by atoms with E-state index in [9.17, 15) is 21.6 Å². The van der Waals surface area contributed by atoms with Gasteiger partial charge in [-0.25, -0.2) is 4.72 Å². The molecule has 0 fully saturated rings. The summed E-state index contributed by atoms with van der Waals surface area (Å²) < 4.78 is 62.9. The molecule has 0 spiro atoms. The van der Waals surface area contributed by atoms with E-state index in [-0.39, 0.29) is 12.1 Å². The summed E-state index contributed by atoms with van der Waals surface area (Å²) in [5.74, 6) is -0.577. The van der Waals surface area contributed by atoms with Crippen LogP contribution in [0.2, 0.25) is 0 Å². The van der Waals surface area contributed by atoms with E-state index in [1.54, 1.807) is 4.72 Å². The lowest BCUT2D eigenvalue weighted by atomic mass is 10.1. The Morgan fingerprint density at radius 3 is 2.53 bits per heavy atom. The lowest BCUT2D eigenvalue weighted by molar-refractivity contribution is -0.137. The van der Waals surface area contributed by atoms with E-state index in [1.807, 2.05) is 0 Å². The summed E-state index contributed by atoms with van der Waals surface area (Å²) in [7, 11) is -3.92. The van der Waals surface area contributed by atoms with E-state index in [1.165, 1.54) is 12.1 Å². The molecule has 0 aliphatic carbocycles. The number of nitrogens with zero attached hydrogens (tertiary/aromatic N) is 1. The molecule has 104 valence electrons. The molecule has 19 heavy (non-hydrogen) atoms. The maximum atomic E-state index is 12.5. The fourth-order valence-electron chi connectivity index (χ4n) is 1.58. The predicted octanol–water partition coefficient (Wildman–Crippen LogP) is 1.71. The molecule has 0 aromatic heterocycles. The van der Waals surface area contributed by atoms with Crippen LogP contribution in [0.25, 0.3) is 0 Å². The van der Waals surface area contributed by atoms with Gasteiger partial charge in [-0.15, -0.1) is 0 Å². The smallest absolute Gasteiger partial charge is 0.416 e. The van der Waals surface area contributed by atoms with E-state index in [4.69, 9.17) is 5.11 Å². The minimum absolute atomic E-state index is 0.158. The van der Waals surface area contributed by atoms with Gasteiger partial charge < -0.3 is 5.11 Å². The van der Waals surface area contributed by atoms with Gasteiger partial charge in [0.1, 0.15) is 0 Å². The quantitative estimate of drug-likeness (QED) is 0.872. The Kier molecular flexibility index (Phi) is 3.09. The Bertz CT molecular complexity index is 625. The van der Waals surface area contributed by atoms with Crippen LogP contribution in [0.4, 0.5) is 13.2 Å². The molecular formula is C10H9F3N2O3S. The number of rotatable bonds is 2. The molecule has 1 aromatic carbocycles. The average Bonchev–Trinajstić information content (AvgIpc) is 2.51. The number of aliphatic hydroxyl groups excluding tert-OH is 1. The SMILES string of the molecule is O=S1(=O)NC(O)=CN1Cc1cccc(C(F)(F)F)c1. The first-order valence-electron chi connectivity index (χ1n) is 5.05. The molecule has 0 saturated heterocycles. The van der Waals surface area contributed by atoms with E-state index < -0.39 is 27.8 Å². The Morgan fingerprint density at radius 2 is 2.00 bits per heavy atom. The van der Waals surface area contributed by atoms with Gasteiger partial charge in [-0.05, 0) is 17.7 Å². The number of alkyl halides is 3. The molecule has 5 nitrogen and oxygen atoms in total. The fourth-order valence-corrected chi connectivity index (χ4v) is 2.57. The molecular weight excluding hydrogens is 285 g/mol. The minimum atomic E-state index is -4.49. The molecule has 1 heterocycles. The predicted molar refractivity (Wildman–Crippen MR) is 59.8 cm³/mol. The summed E-state index contributed by atoms with van der Waals surface area (Å²) in [6.45, 7) is -0.302. The van der Waals surface area contributed by atoms with Crippen LogP contribution < -0.4 is 4.72 Å². The van der Waals surface area contributed by atoms with Crippen LogP contribution in [-0.4, -0.2) is 17.8 Å². The monoisotopic (exact) mass is 294 g/mol. The summed E-state index contributed by atoms with van der Waals surface area (Å²) in [6, 6.07) is 4.32. The summed E-state index contributed by atoms with van der Waals surface area (Å²) in [5, 5.41) is 9.05. The molecule has 1 aromatic rings. The normalized spacial score (nSPS) is 18.1. The van der Waals surface area contributed by atoms with E-state index in [2.05, 4.69) is 0 Å². The molecule has 0 amide bonds. The van der Waals surface area contributed by atoms with Crippen LogP contribution in [0, 0.1) is 0 Å². The molecule has 1 aliphatic heterocycles. The highest BCUT2D eigenvalue weighted by molar-refractivity contribution is 7.87. The van der Waals surface area contributed by atoms with E-state index in [0.29, 0.717) is 0 Å². The third-order valence-corrected chi connectivity index (χ3v) is 3.72. The third kappa shape index (κ3) is 2.92. The molecule has 0 saturated carbocycles. The Labute approximate surface area is 107 Å². The van der Waals surface area contributed by atoms with Gasteiger partial charge in [0.15, 0.2) is 0 Å². The molecule has 0 unspecified atom stereocenters. The lowest BCUT2D eigenvalue weighted by Crippen LogP contribution is -2.29. The van der Waals surface area contributed by atoms with Crippen molar-refractivity contribution in [3.63, 3.8) is 0 Å². The highest BCUT2D eigenvalue weighted by atomic mass is 32.2. The van der Waals surface area contributed by atoms with Gasteiger partial charge in [-0.1, -0.05) is 12.1 Å². The molecule has 2 rings (SSSR count). The second-order valence-electron chi connectivity index (χ2n) is 3.86. The van der Waals surface area contributed by atoms with Crippen LogP contribution in [0.1, 0.15) is 11.1 Å². The zero-order valence-electron chi connectivity index (χ0n) is 9.35. The van der Waals surface area contributed by atoms with Crippen molar-refractivity contribution < 1.29 is 26.7 Å². The summed E-state index contributed by atoms with van der Waals surface area (Å²) in [5.41, 5.74) is -0.700. The molecule has 0 atom stereocenters. The number of hydrogen-bond donors (Lipinski definition) is 2. The number of halogens is 3. The Morgan fingerprint density at radius 1 is 1.32 bits per heavy atom. The molecule has 0 bridgehead atoms. The summed E-state index contributed by atoms with van der Waals surface area (Å²) >= 11 is 0. The first-order chi connectivity index (χ1) is 8.68. The zero-order valence-corrected chi connectivity index (χ0v) is 10.2. The van der Waals surface area contributed by atoms with Gasteiger partial charge >= 0.3 is 16.4 Å². The maximum absolute atomic E-state index is 12.5. The summed E-state index contributed by atoms with van der Waals surface area (Å²) in [6.07, 6.45) is -3.59. The van der Waals surface area contributed by atoms with Crippen molar-refractivity contribution in [2.75, 3.05) is 0 Å². The van der Waals surface area contributed by atoms with E-state index >= 15 is 0 Å². The van der Waals surface area contributed by atoms with Crippen molar-refractivity contribution in [1.29, 1.82) is 0 Å². The number of nitrogens with one attached hydrogen (secondary N) is 1. The largest absolute Gasteiger partial charge is 0.493 e. The Hall–Kier alpha value is -1.90. The van der Waals surface area contributed by atoms with Gasteiger partial charge in [0.25, 0.3) is 0 Å². The van der Waals surface area contributed by atoms with Crippen molar-refractivity contribution in [3.05, 3.63) is 47.5 Å². The van der Waals surface area contributed by atoms with Crippen LogP contribution in [-0.2, 0) is 22.9 Å². The highest BCUT2D eigenvalue weighted by Crippen LogP contribution is 2.30. The topological polar surface area (TPSA) is 69.6 Å². The van der Waals surface area contributed by atoms with Gasteiger partial charge in [-0.3, -0.25) is 4.31 Å². The molecule has 1 aliphatic rings. The zero-order chi connectivity index (χ0) is 14.3. The number of benzene rings is 1. The van der Waals surface area contributed by atoms with Crippen LogP contribution in [0.5, 0.6) is 0 Å². The van der Waals surface area contributed by atoms with Crippen molar-refractivity contribution in [2.45, 2.75) is 12.7 Å². The number of hydrogen-bond acceptors (Lipinski definition) is 3. The number of aliphatic hydroxyl groups is 1. The maximum Gasteiger partial charge on any atom is 0.416 e. The van der Waals surface area contributed by atoms with Crippen molar-refractivity contribution in [2.24, 2.45) is 0 Å². The average molecular weight is 294 g/mol. The molecule has 9 heteroatoms. The van der Waals surface area contributed by atoms with Crippen LogP contribution in [0.3, 0.4) is 0 Å². The first-order valence-corrected chi connectivity index (χ1v) is 6.49. The second-order valence-corrected chi connectivity index (χ2v) is 5.49. The lowest BCUT2D eigenvalue weighted by Gasteiger charge is -2.15. The van der Waals surface area contributed by atoms with Gasteiger partial charge in [0.05, 0.1) is 18.3 Å². The van der Waals surface area contributed by atoms with Crippen LogP contribution in [0.15, 0.2) is 36.3 Å². The second kappa shape index (κ2) is 4.34. The fraction of sp³-hybridized carbons (Fsp3) is 0.200. The van der Waals surface area contributed by atoms with Crippen LogP contribution >= 0.6 is 0 Å². The van der Waals surface area contributed by atoms with Gasteiger partial charge in [-0.2, -0.15) is 21.6 Å². The van der Waals surface area contributed by atoms with Crippen molar-refractivity contribution in [1.82, 2.24) is 9.03 Å². The van der Waals surface area contributed by atoms with Gasteiger partial charge in [0, 0.05) is 0 Å². The first kappa shape index (κ1) is 13.5. The third-order valence-electron chi connectivity index (χ3n) is 2.40. The standard InChI is InChI=1S/C10H9F3N2O3S/c11-10(12,13)8-3-1-2-7(4-8)5-15-6-9(16)14-19(15,17)18/h1-4,6,14,16H,5H2. The minimum Gasteiger partial charge on any atom is -0.493 e.